The summed E-state index contributed by atoms with van der Waals surface area (Å²) in [6.45, 7) is 13.2. The van der Waals surface area contributed by atoms with E-state index in [9.17, 15) is 19.2 Å². The van der Waals surface area contributed by atoms with Gasteiger partial charge < -0.3 is 47.9 Å². The molecule has 422 valence electrons. The summed E-state index contributed by atoms with van der Waals surface area (Å²) in [6, 6.07) is 36.2. The Hall–Kier alpha value is -6.16. The number of rotatable bonds is 18. The zero-order chi connectivity index (χ0) is 53.9. The van der Waals surface area contributed by atoms with Gasteiger partial charge in [-0.15, -0.1) is 0 Å². The SMILES string of the molecule is C.CCOC(=O)C(CN1CCC(c2ccc(OC)cc2)CC1)C1CCN(C(=O)OCc2ccccc2)CC1.CCOC(=O)CC1CCN(C(=O)OCc2ccccc2)CC1.COCN1CCC(c2ccc(OC)cc2)CC1. The van der Waals surface area contributed by atoms with Crippen LogP contribution < -0.4 is 9.47 Å². The van der Waals surface area contributed by atoms with Gasteiger partial charge >= 0.3 is 24.1 Å². The van der Waals surface area contributed by atoms with Gasteiger partial charge in [0, 0.05) is 59.3 Å². The van der Waals surface area contributed by atoms with E-state index in [1.165, 1.54) is 24.0 Å². The summed E-state index contributed by atoms with van der Waals surface area (Å²) in [5, 5.41) is 0. The highest BCUT2D eigenvalue weighted by Gasteiger charge is 2.36. The Morgan fingerprint density at radius 1 is 0.506 bits per heavy atom. The van der Waals surface area contributed by atoms with E-state index in [-0.39, 0.29) is 50.0 Å². The molecule has 0 radical (unpaired) electrons. The van der Waals surface area contributed by atoms with Gasteiger partial charge in [0.05, 0.1) is 40.1 Å². The van der Waals surface area contributed by atoms with Crippen molar-refractivity contribution in [2.75, 3.05) is 100 Å². The first-order valence-corrected chi connectivity index (χ1v) is 27.5. The van der Waals surface area contributed by atoms with Crippen molar-refractivity contribution >= 4 is 24.1 Å². The van der Waals surface area contributed by atoms with Crippen LogP contribution in [0.2, 0.25) is 0 Å². The fourth-order valence-corrected chi connectivity index (χ4v) is 10.6. The summed E-state index contributed by atoms with van der Waals surface area (Å²) in [4.78, 5) is 57.3. The Morgan fingerprint density at radius 3 is 1.35 bits per heavy atom. The molecule has 8 rings (SSSR count). The van der Waals surface area contributed by atoms with Crippen LogP contribution in [0.1, 0.15) is 113 Å². The van der Waals surface area contributed by atoms with Crippen molar-refractivity contribution in [2.45, 2.75) is 104 Å². The molecule has 0 aromatic heterocycles. The lowest BCUT2D eigenvalue weighted by molar-refractivity contribution is -0.151. The van der Waals surface area contributed by atoms with E-state index in [2.05, 4.69) is 46.2 Å². The number of piperidine rings is 4. The van der Waals surface area contributed by atoms with Crippen molar-refractivity contribution in [1.29, 1.82) is 0 Å². The normalized spacial score (nSPS) is 17.2. The average molecular weight is 1070 g/mol. The molecule has 15 nitrogen and oxygen atoms in total. The van der Waals surface area contributed by atoms with Gasteiger partial charge in [0.2, 0.25) is 0 Å². The molecule has 1 unspecified atom stereocenters. The summed E-state index contributed by atoms with van der Waals surface area (Å²) in [5.74, 6) is 3.13. The molecular weight excluding hydrogens is 977 g/mol. The molecule has 4 saturated heterocycles. The lowest BCUT2D eigenvalue weighted by Gasteiger charge is -2.38. The molecule has 4 aliphatic heterocycles. The lowest BCUT2D eigenvalue weighted by atomic mass is 9.83. The number of nitrogens with zero attached hydrogens (tertiary/aromatic N) is 4. The zero-order valence-corrected chi connectivity index (χ0v) is 45.8. The average Bonchev–Trinajstić information content (AvgIpc) is 3.47. The Balaban J connectivity index is 0.000000232. The van der Waals surface area contributed by atoms with Crippen LogP contribution in [-0.2, 0) is 46.5 Å². The molecule has 2 amide bonds. The van der Waals surface area contributed by atoms with Gasteiger partial charge in [-0.2, -0.15) is 0 Å². The summed E-state index contributed by atoms with van der Waals surface area (Å²) in [7, 11) is 5.16. The Bertz CT molecular complexity index is 2270. The molecule has 77 heavy (non-hydrogen) atoms. The molecule has 0 bridgehead atoms. The molecule has 0 aliphatic carbocycles. The van der Waals surface area contributed by atoms with Crippen molar-refractivity contribution in [3.63, 3.8) is 0 Å². The molecule has 4 fully saturated rings. The van der Waals surface area contributed by atoms with Gasteiger partial charge in [-0.3, -0.25) is 14.5 Å². The molecule has 0 N–H and O–H groups in total. The number of ether oxygens (including phenoxy) is 7. The molecule has 4 heterocycles. The van der Waals surface area contributed by atoms with Gasteiger partial charge in [-0.05, 0) is 148 Å². The Labute approximate surface area is 459 Å². The third-order valence-corrected chi connectivity index (χ3v) is 15.1. The summed E-state index contributed by atoms with van der Waals surface area (Å²) < 4.78 is 36.9. The maximum Gasteiger partial charge on any atom is 0.410 e. The number of esters is 2. The topological polar surface area (TPSA) is 146 Å². The van der Waals surface area contributed by atoms with Crippen molar-refractivity contribution in [1.82, 2.24) is 19.6 Å². The number of carbonyl (C=O) groups is 4. The first kappa shape index (κ1) is 61.7. The number of hydrogen-bond donors (Lipinski definition) is 0. The van der Waals surface area contributed by atoms with Crippen molar-refractivity contribution in [3.8, 4) is 11.5 Å². The number of benzene rings is 4. The number of amides is 2. The smallest absolute Gasteiger partial charge is 0.410 e. The van der Waals surface area contributed by atoms with Crippen LogP contribution >= 0.6 is 0 Å². The summed E-state index contributed by atoms with van der Waals surface area (Å²) in [5.41, 5.74) is 4.74. The van der Waals surface area contributed by atoms with Crippen molar-refractivity contribution < 1.29 is 52.3 Å². The van der Waals surface area contributed by atoms with E-state index < -0.39 is 0 Å². The molecule has 0 saturated carbocycles. The predicted octanol–water partition coefficient (Wildman–Crippen LogP) is 11.2. The second kappa shape index (κ2) is 33.9. The number of likely N-dealkylation sites (tertiary alicyclic amines) is 4. The largest absolute Gasteiger partial charge is 0.497 e. The Kier molecular flexibility index (Phi) is 27.1. The third-order valence-electron chi connectivity index (χ3n) is 15.1. The van der Waals surface area contributed by atoms with Crippen LogP contribution in [0.5, 0.6) is 11.5 Å². The predicted molar refractivity (Wildman–Crippen MR) is 300 cm³/mol. The first-order valence-electron chi connectivity index (χ1n) is 27.5. The van der Waals surface area contributed by atoms with Gasteiger partial charge in [-0.25, -0.2) is 9.59 Å². The van der Waals surface area contributed by atoms with E-state index in [1.54, 1.807) is 31.1 Å². The summed E-state index contributed by atoms with van der Waals surface area (Å²) in [6.07, 6.45) is 7.68. The zero-order valence-electron chi connectivity index (χ0n) is 45.8. The minimum absolute atomic E-state index is 0. The van der Waals surface area contributed by atoms with Crippen LogP contribution in [0.3, 0.4) is 0 Å². The van der Waals surface area contributed by atoms with Crippen LogP contribution in [0.15, 0.2) is 109 Å². The minimum Gasteiger partial charge on any atom is -0.497 e. The third kappa shape index (κ3) is 20.6. The number of carbonyl (C=O) groups excluding carboxylic acids is 4. The maximum absolute atomic E-state index is 13.0. The number of hydrogen-bond acceptors (Lipinski definition) is 13. The fourth-order valence-electron chi connectivity index (χ4n) is 10.6. The molecule has 15 heteroatoms. The van der Waals surface area contributed by atoms with E-state index >= 15 is 0 Å². The van der Waals surface area contributed by atoms with E-state index in [0.29, 0.717) is 70.2 Å². The quantitative estimate of drug-likeness (QED) is 0.0689. The van der Waals surface area contributed by atoms with E-state index in [1.807, 2.05) is 86.6 Å². The highest BCUT2D eigenvalue weighted by molar-refractivity contribution is 5.73. The van der Waals surface area contributed by atoms with Crippen molar-refractivity contribution in [2.24, 2.45) is 17.8 Å². The molecule has 0 spiro atoms. The molecule has 4 aromatic carbocycles. The van der Waals surface area contributed by atoms with Crippen LogP contribution in [0.25, 0.3) is 0 Å². The first-order chi connectivity index (χ1) is 37.1. The van der Waals surface area contributed by atoms with Gasteiger partial charge in [0.25, 0.3) is 0 Å². The van der Waals surface area contributed by atoms with Gasteiger partial charge in [0.15, 0.2) is 0 Å². The van der Waals surface area contributed by atoms with E-state index in [4.69, 9.17) is 33.2 Å². The van der Waals surface area contributed by atoms with Gasteiger partial charge in [-0.1, -0.05) is 92.4 Å². The molecular formula is C62H88N4O11. The van der Waals surface area contributed by atoms with Crippen LogP contribution in [0.4, 0.5) is 9.59 Å². The van der Waals surface area contributed by atoms with Gasteiger partial charge in [0.1, 0.15) is 24.7 Å². The highest BCUT2D eigenvalue weighted by atomic mass is 16.6. The lowest BCUT2D eigenvalue weighted by Crippen LogP contribution is -2.46. The maximum atomic E-state index is 13.0. The molecule has 1 atom stereocenters. The minimum atomic E-state index is -0.282. The fraction of sp³-hybridized carbons (Fsp3) is 0.548. The molecule has 4 aliphatic rings. The Morgan fingerprint density at radius 2 is 0.935 bits per heavy atom. The van der Waals surface area contributed by atoms with E-state index in [0.717, 1.165) is 101 Å². The summed E-state index contributed by atoms with van der Waals surface area (Å²) >= 11 is 0. The van der Waals surface area contributed by atoms with Crippen LogP contribution in [0, 0.1) is 17.8 Å². The second-order valence-electron chi connectivity index (χ2n) is 20.1. The molecule has 4 aromatic rings. The van der Waals surface area contributed by atoms with Crippen molar-refractivity contribution in [3.05, 3.63) is 131 Å². The second-order valence-corrected chi connectivity index (χ2v) is 20.1. The highest BCUT2D eigenvalue weighted by Crippen LogP contribution is 2.33. The monoisotopic (exact) mass is 1060 g/mol. The van der Waals surface area contributed by atoms with Crippen LogP contribution in [-0.4, -0.2) is 144 Å². The number of methoxy groups -OCH3 is 3. The standard InChI is InChI=1S/C30H40N2O5.C17H23NO4.C14H21NO2.CH4/c1-3-36-29(33)28(21-31-17-13-25(14-18-31)24-9-11-27(35-2)12-10-24)26-15-19-32(20-16-26)30(34)37-22-23-7-5-4-6-8-23;1-2-21-16(19)12-14-8-10-18(11-9-14)17(20)22-13-15-6-4-3-5-7-15;1-16-11-15-9-7-13(8-10-15)12-3-5-14(17-2)6-4-12;/h4-12,25-26,28H,3,13-22H2,1-2H3;3-7,14H,2,8-13H2,1H3;3-6,13H,7-11H2,1-2H3;1H4.